The Balaban J connectivity index is 2.08. The Bertz CT molecular complexity index is 503. The fraction of sp³-hybridized carbons (Fsp3) is 0.389. The molecule has 0 bridgehead atoms. The number of hydrogen-bond donors (Lipinski definition) is 1. The summed E-state index contributed by atoms with van der Waals surface area (Å²) in [5.74, 6) is 1.35. The SMILES string of the molecule is CC(C)C(CCN)Cc1ccc(-c2ccncc2)cc1. The molecular weight excluding hydrogens is 244 g/mol. The average molecular weight is 268 g/mol. The zero-order valence-corrected chi connectivity index (χ0v) is 12.4. The van der Waals surface area contributed by atoms with Crippen molar-refractivity contribution in [3.63, 3.8) is 0 Å². The monoisotopic (exact) mass is 268 g/mol. The van der Waals surface area contributed by atoms with Gasteiger partial charge in [-0.3, -0.25) is 4.98 Å². The molecule has 106 valence electrons. The minimum absolute atomic E-state index is 0.673. The summed E-state index contributed by atoms with van der Waals surface area (Å²) in [5, 5.41) is 0. The summed E-state index contributed by atoms with van der Waals surface area (Å²) in [6.07, 6.45) is 5.88. The van der Waals surface area contributed by atoms with E-state index in [4.69, 9.17) is 5.73 Å². The number of rotatable bonds is 6. The van der Waals surface area contributed by atoms with E-state index in [2.05, 4.69) is 43.1 Å². The van der Waals surface area contributed by atoms with Gasteiger partial charge in [-0.2, -0.15) is 0 Å². The maximum atomic E-state index is 5.72. The molecule has 1 aromatic heterocycles. The largest absolute Gasteiger partial charge is 0.330 e. The number of hydrogen-bond acceptors (Lipinski definition) is 2. The fourth-order valence-corrected chi connectivity index (χ4v) is 2.57. The van der Waals surface area contributed by atoms with Crippen molar-refractivity contribution in [1.82, 2.24) is 4.98 Å². The Kier molecular flexibility index (Phi) is 5.31. The first-order valence-electron chi connectivity index (χ1n) is 7.40. The molecule has 2 N–H and O–H groups in total. The Hall–Kier alpha value is -1.67. The minimum Gasteiger partial charge on any atom is -0.330 e. The van der Waals surface area contributed by atoms with E-state index in [0.717, 1.165) is 19.4 Å². The molecule has 0 fully saturated rings. The first-order valence-corrected chi connectivity index (χ1v) is 7.40. The van der Waals surface area contributed by atoms with Crippen LogP contribution in [0.4, 0.5) is 0 Å². The molecule has 0 saturated heterocycles. The van der Waals surface area contributed by atoms with Crippen molar-refractivity contribution in [2.24, 2.45) is 17.6 Å². The van der Waals surface area contributed by atoms with Crippen LogP contribution in [0.1, 0.15) is 25.8 Å². The van der Waals surface area contributed by atoms with Gasteiger partial charge >= 0.3 is 0 Å². The van der Waals surface area contributed by atoms with Crippen LogP contribution in [-0.2, 0) is 6.42 Å². The Morgan fingerprint density at radius 2 is 1.55 bits per heavy atom. The molecule has 1 unspecified atom stereocenters. The average Bonchev–Trinajstić information content (AvgIpc) is 2.48. The van der Waals surface area contributed by atoms with Crippen LogP contribution in [0.15, 0.2) is 48.8 Å². The molecule has 2 nitrogen and oxygen atoms in total. The molecular formula is C18H24N2. The maximum absolute atomic E-state index is 5.72. The van der Waals surface area contributed by atoms with E-state index in [9.17, 15) is 0 Å². The molecule has 1 heterocycles. The second-order valence-corrected chi connectivity index (χ2v) is 5.72. The first kappa shape index (κ1) is 14.7. The van der Waals surface area contributed by atoms with Crippen molar-refractivity contribution in [2.75, 3.05) is 6.54 Å². The van der Waals surface area contributed by atoms with Gasteiger partial charge in [0.05, 0.1) is 0 Å². The zero-order valence-electron chi connectivity index (χ0n) is 12.4. The van der Waals surface area contributed by atoms with Crippen LogP contribution in [0.5, 0.6) is 0 Å². The van der Waals surface area contributed by atoms with Crippen molar-refractivity contribution in [2.45, 2.75) is 26.7 Å². The summed E-state index contributed by atoms with van der Waals surface area (Å²) in [5.41, 5.74) is 9.58. The Morgan fingerprint density at radius 3 is 2.10 bits per heavy atom. The summed E-state index contributed by atoms with van der Waals surface area (Å²) in [4.78, 5) is 4.06. The number of aromatic nitrogens is 1. The first-order chi connectivity index (χ1) is 9.70. The van der Waals surface area contributed by atoms with Crippen LogP contribution < -0.4 is 5.73 Å². The third-order valence-corrected chi connectivity index (χ3v) is 3.95. The molecule has 0 amide bonds. The van der Waals surface area contributed by atoms with E-state index in [1.165, 1.54) is 16.7 Å². The van der Waals surface area contributed by atoms with Gasteiger partial charge in [0.25, 0.3) is 0 Å². The lowest BCUT2D eigenvalue weighted by atomic mass is 9.86. The van der Waals surface area contributed by atoms with Gasteiger partial charge in [0.15, 0.2) is 0 Å². The van der Waals surface area contributed by atoms with Crippen molar-refractivity contribution < 1.29 is 0 Å². The van der Waals surface area contributed by atoms with E-state index in [0.29, 0.717) is 11.8 Å². The molecule has 0 saturated carbocycles. The van der Waals surface area contributed by atoms with Gasteiger partial charge in [0, 0.05) is 12.4 Å². The van der Waals surface area contributed by atoms with Gasteiger partial charge in [-0.25, -0.2) is 0 Å². The molecule has 20 heavy (non-hydrogen) atoms. The summed E-state index contributed by atoms with van der Waals surface area (Å²) < 4.78 is 0. The molecule has 0 radical (unpaired) electrons. The van der Waals surface area contributed by atoms with Crippen molar-refractivity contribution in [1.29, 1.82) is 0 Å². The highest BCUT2D eigenvalue weighted by Crippen LogP contribution is 2.23. The van der Waals surface area contributed by atoms with E-state index in [1.54, 1.807) is 0 Å². The van der Waals surface area contributed by atoms with E-state index in [-0.39, 0.29) is 0 Å². The van der Waals surface area contributed by atoms with Crippen LogP contribution >= 0.6 is 0 Å². The lowest BCUT2D eigenvalue weighted by Crippen LogP contribution is -2.16. The van der Waals surface area contributed by atoms with Crippen LogP contribution in [-0.4, -0.2) is 11.5 Å². The third kappa shape index (κ3) is 3.91. The quantitative estimate of drug-likeness (QED) is 0.862. The van der Waals surface area contributed by atoms with Crippen LogP contribution in [0.25, 0.3) is 11.1 Å². The third-order valence-electron chi connectivity index (χ3n) is 3.95. The van der Waals surface area contributed by atoms with Crippen LogP contribution in [0, 0.1) is 11.8 Å². The highest BCUT2D eigenvalue weighted by Gasteiger charge is 2.13. The summed E-state index contributed by atoms with van der Waals surface area (Å²) in [6.45, 7) is 5.34. The second-order valence-electron chi connectivity index (χ2n) is 5.72. The predicted octanol–water partition coefficient (Wildman–Crippen LogP) is 3.91. The number of benzene rings is 1. The van der Waals surface area contributed by atoms with Gasteiger partial charge < -0.3 is 5.73 Å². The molecule has 2 rings (SSSR count). The molecule has 0 spiro atoms. The topological polar surface area (TPSA) is 38.9 Å². The molecule has 2 aromatic rings. The van der Waals surface area contributed by atoms with Crippen molar-refractivity contribution in [3.8, 4) is 11.1 Å². The maximum Gasteiger partial charge on any atom is 0.0273 e. The number of pyridine rings is 1. The molecule has 0 aliphatic rings. The summed E-state index contributed by atoms with van der Waals surface area (Å²) >= 11 is 0. The predicted molar refractivity (Wildman–Crippen MR) is 85.4 cm³/mol. The molecule has 0 aliphatic carbocycles. The van der Waals surface area contributed by atoms with Crippen LogP contribution in [0.3, 0.4) is 0 Å². The van der Waals surface area contributed by atoms with Crippen molar-refractivity contribution >= 4 is 0 Å². The van der Waals surface area contributed by atoms with E-state index >= 15 is 0 Å². The fourth-order valence-electron chi connectivity index (χ4n) is 2.57. The normalized spacial score (nSPS) is 12.6. The molecule has 0 aliphatic heterocycles. The van der Waals surface area contributed by atoms with Gasteiger partial charge in [-0.05, 0) is 60.0 Å². The van der Waals surface area contributed by atoms with Gasteiger partial charge in [0.2, 0.25) is 0 Å². The summed E-state index contributed by atoms with van der Waals surface area (Å²) in [6, 6.07) is 13.0. The standard InChI is InChI=1S/C18H24N2/c1-14(2)18(7-10-19)13-15-3-5-16(6-4-15)17-8-11-20-12-9-17/h3-6,8-9,11-12,14,18H,7,10,13,19H2,1-2H3. The summed E-state index contributed by atoms with van der Waals surface area (Å²) in [7, 11) is 0. The highest BCUT2D eigenvalue weighted by atomic mass is 14.6. The molecule has 2 heteroatoms. The van der Waals surface area contributed by atoms with E-state index in [1.807, 2.05) is 24.5 Å². The Morgan fingerprint density at radius 1 is 0.950 bits per heavy atom. The minimum atomic E-state index is 0.673. The molecule has 1 aromatic carbocycles. The van der Waals surface area contributed by atoms with Crippen LogP contribution in [0.2, 0.25) is 0 Å². The van der Waals surface area contributed by atoms with Gasteiger partial charge in [-0.15, -0.1) is 0 Å². The highest BCUT2D eigenvalue weighted by molar-refractivity contribution is 5.62. The smallest absolute Gasteiger partial charge is 0.0273 e. The van der Waals surface area contributed by atoms with Gasteiger partial charge in [-0.1, -0.05) is 38.1 Å². The lowest BCUT2D eigenvalue weighted by Gasteiger charge is -2.20. The lowest BCUT2D eigenvalue weighted by molar-refractivity contribution is 0.362. The second kappa shape index (κ2) is 7.20. The van der Waals surface area contributed by atoms with E-state index < -0.39 is 0 Å². The number of nitrogens with two attached hydrogens (primary N) is 1. The number of nitrogens with zero attached hydrogens (tertiary/aromatic N) is 1. The molecule has 1 atom stereocenters. The van der Waals surface area contributed by atoms with Gasteiger partial charge in [0.1, 0.15) is 0 Å². The Labute approximate surface area is 122 Å². The zero-order chi connectivity index (χ0) is 14.4. The van der Waals surface area contributed by atoms with Crippen molar-refractivity contribution in [3.05, 3.63) is 54.4 Å².